The zero-order valence-electron chi connectivity index (χ0n) is 13.0. The summed E-state index contributed by atoms with van der Waals surface area (Å²) < 4.78 is 4.92. The van der Waals surface area contributed by atoms with Gasteiger partial charge in [-0.05, 0) is 29.5 Å². The summed E-state index contributed by atoms with van der Waals surface area (Å²) in [7, 11) is 1.66. The van der Waals surface area contributed by atoms with Crippen LogP contribution in [0.25, 0.3) is 0 Å². The molecule has 0 bridgehead atoms. The monoisotopic (exact) mass is 278 g/mol. The molecule has 0 aliphatic heterocycles. The van der Waals surface area contributed by atoms with Gasteiger partial charge in [-0.25, -0.2) is 0 Å². The Kier molecular flexibility index (Phi) is 6.52. The molecule has 4 nitrogen and oxygen atoms in total. The normalized spacial score (nSPS) is 11.2. The molecule has 4 heteroatoms. The number of methoxy groups -OCH3 is 1. The molecule has 0 aliphatic carbocycles. The summed E-state index contributed by atoms with van der Waals surface area (Å²) in [6, 6.07) is 8.22. The fraction of sp³-hybridized carbons (Fsp3) is 0.562. The van der Waals surface area contributed by atoms with E-state index in [4.69, 9.17) is 4.74 Å². The molecule has 0 fully saturated rings. The summed E-state index contributed by atoms with van der Waals surface area (Å²) >= 11 is 0. The molecule has 0 saturated carbocycles. The van der Waals surface area contributed by atoms with Crippen LogP contribution in [0.5, 0.6) is 0 Å². The number of anilines is 1. The average Bonchev–Trinajstić information content (AvgIpc) is 2.41. The first-order chi connectivity index (χ1) is 9.43. The van der Waals surface area contributed by atoms with Crippen LogP contribution in [-0.2, 0) is 14.9 Å². The van der Waals surface area contributed by atoms with E-state index in [1.165, 1.54) is 5.56 Å². The minimum absolute atomic E-state index is 0.000927. The molecule has 0 saturated heterocycles. The van der Waals surface area contributed by atoms with Gasteiger partial charge < -0.3 is 15.4 Å². The first kappa shape index (κ1) is 16.5. The van der Waals surface area contributed by atoms with Gasteiger partial charge in [-0.3, -0.25) is 4.79 Å². The number of carbonyl (C=O) groups excluding carboxylic acids is 1. The lowest BCUT2D eigenvalue weighted by atomic mass is 9.87. The van der Waals surface area contributed by atoms with Crippen molar-refractivity contribution in [3.05, 3.63) is 29.8 Å². The predicted octanol–water partition coefficient (Wildman–Crippen LogP) is 2.55. The number of amides is 1. The minimum atomic E-state index is 0.000927. The predicted molar refractivity (Wildman–Crippen MR) is 83.1 cm³/mol. The Morgan fingerprint density at radius 1 is 1.20 bits per heavy atom. The van der Waals surface area contributed by atoms with Crippen LogP contribution in [0.4, 0.5) is 5.69 Å². The van der Waals surface area contributed by atoms with Crippen LogP contribution in [-0.4, -0.2) is 32.7 Å². The summed E-state index contributed by atoms with van der Waals surface area (Å²) in [5, 5.41) is 5.96. The van der Waals surface area contributed by atoms with E-state index in [0.29, 0.717) is 19.7 Å². The van der Waals surface area contributed by atoms with E-state index in [9.17, 15) is 4.79 Å². The highest BCUT2D eigenvalue weighted by Gasteiger charge is 2.12. The Labute approximate surface area is 121 Å². The number of rotatable bonds is 7. The molecule has 0 aromatic heterocycles. The first-order valence-electron chi connectivity index (χ1n) is 7.03. The second-order valence-corrected chi connectivity index (χ2v) is 5.88. The lowest BCUT2D eigenvalue weighted by Crippen LogP contribution is -2.31. The molecule has 1 aromatic rings. The lowest BCUT2D eigenvalue weighted by Gasteiger charge is -2.19. The van der Waals surface area contributed by atoms with E-state index < -0.39 is 0 Å². The second kappa shape index (κ2) is 7.90. The van der Waals surface area contributed by atoms with Crippen molar-refractivity contribution in [1.29, 1.82) is 0 Å². The van der Waals surface area contributed by atoms with Gasteiger partial charge in [0.2, 0.25) is 5.91 Å². The maximum atomic E-state index is 11.6. The van der Waals surface area contributed by atoms with E-state index in [-0.39, 0.29) is 11.3 Å². The highest BCUT2D eigenvalue weighted by atomic mass is 16.5. The highest BCUT2D eigenvalue weighted by Crippen LogP contribution is 2.23. The third kappa shape index (κ3) is 6.06. The fourth-order valence-corrected chi connectivity index (χ4v) is 1.78. The maximum Gasteiger partial charge on any atom is 0.239 e. The van der Waals surface area contributed by atoms with Gasteiger partial charge in [-0.15, -0.1) is 0 Å². The smallest absolute Gasteiger partial charge is 0.239 e. The Balaban J connectivity index is 2.33. The molecule has 20 heavy (non-hydrogen) atoms. The van der Waals surface area contributed by atoms with Gasteiger partial charge in [0.05, 0.1) is 6.54 Å². The van der Waals surface area contributed by atoms with E-state index in [0.717, 1.165) is 12.1 Å². The number of ether oxygens (including phenoxy) is 1. The van der Waals surface area contributed by atoms with Crippen LogP contribution in [0.2, 0.25) is 0 Å². The van der Waals surface area contributed by atoms with E-state index in [1.54, 1.807) is 7.11 Å². The van der Waals surface area contributed by atoms with Gasteiger partial charge in [0, 0.05) is 25.9 Å². The van der Waals surface area contributed by atoms with Crippen LogP contribution in [0.1, 0.15) is 32.8 Å². The first-order valence-corrected chi connectivity index (χ1v) is 7.03. The minimum Gasteiger partial charge on any atom is -0.385 e. The largest absolute Gasteiger partial charge is 0.385 e. The molecular weight excluding hydrogens is 252 g/mol. The van der Waals surface area contributed by atoms with Gasteiger partial charge in [0.15, 0.2) is 0 Å². The number of nitrogens with one attached hydrogen (secondary N) is 2. The van der Waals surface area contributed by atoms with Crippen molar-refractivity contribution in [2.75, 3.05) is 32.1 Å². The molecule has 0 spiro atoms. The number of hydrogen-bond acceptors (Lipinski definition) is 3. The lowest BCUT2D eigenvalue weighted by molar-refractivity contribution is -0.119. The standard InChI is InChI=1S/C16H26N2O2/c1-16(2,3)13-6-8-14(9-7-13)18-12-15(19)17-10-5-11-20-4/h6-9,18H,5,10-12H2,1-4H3,(H,17,19). The summed E-state index contributed by atoms with van der Waals surface area (Å²) in [6.07, 6.45) is 0.836. The van der Waals surface area contributed by atoms with Crippen molar-refractivity contribution in [2.24, 2.45) is 0 Å². The van der Waals surface area contributed by atoms with Crippen LogP contribution in [0, 0.1) is 0 Å². The van der Waals surface area contributed by atoms with Crippen molar-refractivity contribution in [3.8, 4) is 0 Å². The summed E-state index contributed by atoms with van der Waals surface area (Å²) in [5.41, 5.74) is 2.40. The quantitative estimate of drug-likeness (QED) is 0.754. The molecule has 2 N–H and O–H groups in total. The van der Waals surface area contributed by atoms with E-state index >= 15 is 0 Å². The van der Waals surface area contributed by atoms with Crippen molar-refractivity contribution in [1.82, 2.24) is 5.32 Å². The van der Waals surface area contributed by atoms with E-state index in [2.05, 4.69) is 43.5 Å². The van der Waals surface area contributed by atoms with Gasteiger partial charge in [-0.1, -0.05) is 32.9 Å². The summed E-state index contributed by atoms with van der Waals surface area (Å²) in [6.45, 7) is 8.16. The molecule has 0 heterocycles. The molecule has 1 amide bonds. The van der Waals surface area contributed by atoms with Gasteiger partial charge >= 0.3 is 0 Å². The molecule has 1 aromatic carbocycles. The van der Waals surface area contributed by atoms with Crippen molar-refractivity contribution >= 4 is 11.6 Å². The highest BCUT2D eigenvalue weighted by molar-refractivity contribution is 5.80. The van der Waals surface area contributed by atoms with Crippen molar-refractivity contribution in [2.45, 2.75) is 32.6 Å². The molecule has 0 aliphatic rings. The number of carbonyl (C=O) groups is 1. The third-order valence-electron chi connectivity index (χ3n) is 3.05. The maximum absolute atomic E-state index is 11.6. The number of hydrogen-bond donors (Lipinski definition) is 2. The molecule has 0 unspecified atom stereocenters. The molecule has 112 valence electrons. The number of benzene rings is 1. The Morgan fingerprint density at radius 3 is 2.40 bits per heavy atom. The van der Waals surface area contributed by atoms with Crippen LogP contribution >= 0.6 is 0 Å². The molecule has 0 radical (unpaired) electrons. The van der Waals surface area contributed by atoms with Gasteiger partial charge in [-0.2, -0.15) is 0 Å². The summed E-state index contributed by atoms with van der Waals surface area (Å²) in [5.74, 6) is 0.000927. The molecular formula is C16H26N2O2. The van der Waals surface area contributed by atoms with Crippen LogP contribution in [0.3, 0.4) is 0 Å². The van der Waals surface area contributed by atoms with Gasteiger partial charge in [0.1, 0.15) is 0 Å². The van der Waals surface area contributed by atoms with Crippen molar-refractivity contribution in [3.63, 3.8) is 0 Å². The second-order valence-electron chi connectivity index (χ2n) is 5.88. The third-order valence-corrected chi connectivity index (χ3v) is 3.05. The fourth-order valence-electron chi connectivity index (χ4n) is 1.78. The topological polar surface area (TPSA) is 50.4 Å². The van der Waals surface area contributed by atoms with Gasteiger partial charge in [0.25, 0.3) is 0 Å². The molecule has 1 rings (SSSR count). The Hall–Kier alpha value is -1.55. The molecule has 0 atom stereocenters. The van der Waals surface area contributed by atoms with Crippen molar-refractivity contribution < 1.29 is 9.53 Å². The zero-order chi connectivity index (χ0) is 15.0. The van der Waals surface area contributed by atoms with Crippen LogP contribution < -0.4 is 10.6 Å². The Bertz CT molecular complexity index is 407. The average molecular weight is 278 g/mol. The summed E-state index contributed by atoms with van der Waals surface area (Å²) in [4.78, 5) is 11.6. The zero-order valence-corrected chi connectivity index (χ0v) is 13.0. The SMILES string of the molecule is COCCCNC(=O)CNc1ccc(C(C)(C)C)cc1. The Morgan fingerprint density at radius 2 is 1.85 bits per heavy atom. The van der Waals surface area contributed by atoms with E-state index in [1.807, 2.05) is 12.1 Å². The van der Waals surface area contributed by atoms with Crippen LogP contribution in [0.15, 0.2) is 24.3 Å².